The number of thioether (sulfide) groups is 1. The molecule has 1 saturated heterocycles. The molecule has 1 aromatic rings. The number of carbonyl (C=O) groups excluding carboxylic acids is 1. The lowest BCUT2D eigenvalue weighted by Gasteiger charge is -2.31. The fourth-order valence-corrected chi connectivity index (χ4v) is 3.07. The molecule has 90 valence electrons. The van der Waals surface area contributed by atoms with E-state index in [1.807, 2.05) is 29.2 Å². The second kappa shape index (κ2) is 4.58. The summed E-state index contributed by atoms with van der Waals surface area (Å²) in [6.45, 7) is 1.21. The lowest BCUT2D eigenvalue weighted by molar-refractivity contribution is -0.120. The van der Waals surface area contributed by atoms with E-state index < -0.39 is 0 Å². The van der Waals surface area contributed by atoms with Crippen molar-refractivity contribution in [2.45, 2.75) is 6.04 Å². The van der Waals surface area contributed by atoms with E-state index in [0.29, 0.717) is 13.2 Å². The van der Waals surface area contributed by atoms with E-state index in [9.17, 15) is 4.79 Å². The highest BCUT2D eigenvalue weighted by Crippen LogP contribution is 2.31. The lowest BCUT2D eigenvalue weighted by atomic mass is 10.2. The third-order valence-corrected chi connectivity index (χ3v) is 3.95. The van der Waals surface area contributed by atoms with Crippen molar-refractivity contribution in [3.8, 4) is 5.75 Å². The molecule has 17 heavy (non-hydrogen) atoms. The van der Waals surface area contributed by atoms with Gasteiger partial charge < -0.3 is 9.64 Å². The summed E-state index contributed by atoms with van der Waals surface area (Å²) in [7, 11) is 0. The Kier molecular flexibility index (Phi) is 2.94. The number of amides is 1. The predicted octanol–water partition coefficient (Wildman–Crippen LogP) is 1.07. The van der Waals surface area contributed by atoms with Crippen molar-refractivity contribution in [3.05, 3.63) is 24.3 Å². The van der Waals surface area contributed by atoms with E-state index >= 15 is 0 Å². The molecule has 0 spiro atoms. The smallest absolute Gasteiger partial charge is 0.245 e. The monoisotopic (exact) mass is 250 g/mol. The van der Waals surface area contributed by atoms with Gasteiger partial charge in [-0.1, -0.05) is 12.1 Å². The number of fused-ring (bicyclic) bond motifs is 1. The molecule has 2 aliphatic heterocycles. The Morgan fingerprint density at radius 2 is 2.35 bits per heavy atom. The van der Waals surface area contributed by atoms with Gasteiger partial charge in [0.05, 0.1) is 18.3 Å². The second-order valence-corrected chi connectivity index (χ2v) is 5.11. The van der Waals surface area contributed by atoms with Crippen molar-refractivity contribution < 1.29 is 9.53 Å². The highest BCUT2D eigenvalue weighted by molar-refractivity contribution is 7.99. The van der Waals surface area contributed by atoms with Crippen molar-refractivity contribution in [2.24, 2.45) is 0 Å². The Balaban J connectivity index is 1.86. The summed E-state index contributed by atoms with van der Waals surface area (Å²) in [4.78, 5) is 14.2. The maximum atomic E-state index is 12.4. The molecular weight excluding hydrogens is 236 g/mol. The molecule has 0 aliphatic carbocycles. The average Bonchev–Trinajstić information content (AvgIpc) is 2.91. The zero-order chi connectivity index (χ0) is 11.7. The van der Waals surface area contributed by atoms with Crippen LogP contribution in [0.3, 0.4) is 0 Å². The van der Waals surface area contributed by atoms with Crippen LogP contribution in [0.15, 0.2) is 24.3 Å². The normalized spacial score (nSPS) is 23.1. The van der Waals surface area contributed by atoms with Crippen molar-refractivity contribution in [1.29, 1.82) is 0 Å². The molecule has 0 radical (unpaired) electrons. The summed E-state index contributed by atoms with van der Waals surface area (Å²) in [5.41, 5.74) is 0.891. The van der Waals surface area contributed by atoms with Gasteiger partial charge in [-0.05, 0) is 12.1 Å². The molecule has 1 aromatic carbocycles. The van der Waals surface area contributed by atoms with Gasteiger partial charge in [-0.25, -0.2) is 0 Å². The third-order valence-electron chi connectivity index (χ3n) is 3.01. The van der Waals surface area contributed by atoms with Crippen molar-refractivity contribution >= 4 is 23.4 Å². The van der Waals surface area contributed by atoms with E-state index in [4.69, 9.17) is 4.74 Å². The Labute approximate surface area is 104 Å². The summed E-state index contributed by atoms with van der Waals surface area (Å²) < 4.78 is 5.55. The number of nitrogens with one attached hydrogen (secondary N) is 1. The van der Waals surface area contributed by atoms with E-state index in [1.54, 1.807) is 11.8 Å². The van der Waals surface area contributed by atoms with Gasteiger partial charge in [0, 0.05) is 11.6 Å². The van der Waals surface area contributed by atoms with Gasteiger partial charge in [-0.3, -0.25) is 10.1 Å². The summed E-state index contributed by atoms with van der Waals surface area (Å²) in [6, 6.07) is 7.66. The minimum absolute atomic E-state index is 0.0499. The highest BCUT2D eigenvalue weighted by Gasteiger charge is 2.31. The van der Waals surface area contributed by atoms with Crippen LogP contribution in [0.25, 0.3) is 0 Å². The van der Waals surface area contributed by atoms with Crippen LogP contribution in [-0.4, -0.2) is 36.7 Å². The number of para-hydroxylation sites is 2. The fraction of sp³-hybridized carbons (Fsp3) is 0.417. The number of ether oxygens (including phenoxy) is 1. The Bertz CT molecular complexity index is 432. The van der Waals surface area contributed by atoms with Crippen LogP contribution in [0, 0.1) is 0 Å². The number of carbonyl (C=O) groups is 1. The van der Waals surface area contributed by atoms with Crippen LogP contribution >= 0.6 is 11.8 Å². The minimum atomic E-state index is -0.0499. The Morgan fingerprint density at radius 3 is 3.18 bits per heavy atom. The van der Waals surface area contributed by atoms with E-state index in [1.165, 1.54) is 0 Å². The number of hydrogen-bond acceptors (Lipinski definition) is 4. The Hall–Kier alpha value is -1.20. The molecule has 3 rings (SSSR count). The molecule has 0 aromatic heterocycles. The van der Waals surface area contributed by atoms with E-state index in [2.05, 4.69) is 5.32 Å². The largest absolute Gasteiger partial charge is 0.490 e. The third kappa shape index (κ3) is 2.00. The zero-order valence-electron chi connectivity index (χ0n) is 9.39. The topological polar surface area (TPSA) is 41.6 Å². The molecule has 0 bridgehead atoms. The van der Waals surface area contributed by atoms with Crippen LogP contribution in [-0.2, 0) is 4.79 Å². The standard InChI is InChI=1S/C12H14N2O2S/c15-12(9-7-17-8-13-9)14-5-6-16-11-4-2-1-3-10(11)14/h1-4,9,13H,5-8H2. The summed E-state index contributed by atoms with van der Waals surface area (Å²) in [6.07, 6.45) is 0. The first kappa shape index (κ1) is 10.9. The molecule has 1 fully saturated rings. The van der Waals surface area contributed by atoms with E-state index in [-0.39, 0.29) is 11.9 Å². The molecule has 1 unspecified atom stereocenters. The summed E-state index contributed by atoms with van der Waals surface area (Å²) in [5, 5.41) is 3.22. The maximum Gasteiger partial charge on any atom is 0.245 e. The van der Waals surface area contributed by atoms with Gasteiger partial charge in [0.2, 0.25) is 5.91 Å². The van der Waals surface area contributed by atoms with Crippen molar-refractivity contribution in [1.82, 2.24) is 5.32 Å². The van der Waals surface area contributed by atoms with Crippen LogP contribution in [0.2, 0.25) is 0 Å². The first-order valence-electron chi connectivity index (χ1n) is 5.70. The van der Waals surface area contributed by atoms with Gasteiger partial charge in [0.1, 0.15) is 12.4 Å². The van der Waals surface area contributed by atoms with Gasteiger partial charge >= 0.3 is 0 Å². The fourth-order valence-electron chi connectivity index (χ4n) is 2.14. The van der Waals surface area contributed by atoms with E-state index in [0.717, 1.165) is 23.1 Å². The lowest BCUT2D eigenvalue weighted by Crippen LogP contribution is -2.48. The average molecular weight is 250 g/mol. The highest BCUT2D eigenvalue weighted by atomic mass is 32.2. The summed E-state index contributed by atoms with van der Waals surface area (Å²) >= 11 is 1.77. The predicted molar refractivity (Wildman–Crippen MR) is 68.5 cm³/mol. The van der Waals surface area contributed by atoms with Crippen molar-refractivity contribution in [3.63, 3.8) is 0 Å². The van der Waals surface area contributed by atoms with Gasteiger partial charge in [0.15, 0.2) is 0 Å². The molecule has 4 nitrogen and oxygen atoms in total. The number of hydrogen-bond donors (Lipinski definition) is 1. The summed E-state index contributed by atoms with van der Waals surface area (Å²) in [5.74, 6) is 2.68. The zero-order valence-corrected chi connectivity index (χ0v) is 10.2. The molecule has 1 amide bonds. The maximum absolute atomic E-state index is 12.4. The van der Waals surface area contributed by atoms with Crippen LogP contribution in [0.4, 0.5) is 5.69 Å². The number of benzene rings is 1. The molecule has 1 atom stereocenters. The molecule has 0 saturated carbocycles. The van der Waals surface area contributed by atoms with Crippen molar-refractivity contribution in [2.75, 3.05) is 29.7 Å². The molecule has 2 heterocycles. The first-order chi connectivity index (χ1) is 8.36. The minimum Gasteiger partial charge on any atom is -0.490 e. The molecule has 5 heteroatoms. The van der Waals surface area contributed by atoms with Gasteiger partial charge in [-0.15, -0.1) is 11.8 Å². The molecule has 2 aliphatic rings. The number of rotatable bonds is 1. The van der Waals surface area contributed by atoms with Gasteiger partial charge in [0.25, 0.3) is 0 Å². The second-order valence-electron chi connectivity index (χ2n) is 4.08. The van der Waals surface area contributed by atoms with Crippen LogP contribution in [0.5, 0.6) is 5.75 Å². The number of nitrogens with zero attached hydrogens (tertiary/aromatic N) is 1. The first-order valence-corrected chi connectivity index (χ1v) is 6.86. The Morgan fingerprint density at radius 1 is 1.47 bits per heavy atom. The van der Waals surface area contributed by atoms with Crippen LogP contribution < -0.4 is 15.0 Å². The SMILES string of the molecule is O=C(C1CSCN1)N1CCOc2ccccc21. The van der Waals surface area contributed by atoms with Crippen LogP contribution in [0.1, 0.15) is 0 Å². The molecule has 1 N–H and O–H groups in total. The number of anilines is 1. The quantitative estimate of drug-likeness (QED) is 0.809. The van der Waals surface area contributed by atoms with Gasteiger partial charge in [-0.2, -0.15) is 0 Å². The molecular formula is C12H14N2O2S.